The number of carbonyl (C=O) groups excluding carboxylic acids is 2. The Bertz CT molecular complexity index is 779. The standard InChI is InChI=1S/C20H27N3O6/c1-5-12-28-18(24)14-6-7-16(17(13-14)23(26)27)21-15-8-10-22(11-9-15)19(25)29-20(2,3)4/h5-7,13,15,21H,1,8-12H2,2-4H3. The van der Waals surface area contributed by atoms with Gasteiger partial charge in [0.05, 0.1) is 10.5 Å². The van der Waals surface area contributed by atoms with Crippen molar-refractivity contribution in [3.05, 3.63) is 46.5 Å². The number of nitro groups is 1. The third-order valence-corrected chi connectivity index (χ3v) is 4.27. The van der Waals surface area contributed by atoms with Gasteiger partial charge in [-0.2, -0.15) is 0 Å². The summed E-state index contributed by atoms with van der Waals surface area (Å²) >= 11 is 0. The summed E-state index contributed by atoms with van der Waals surface area (Å²) in [6.45, 7) is 9.92. The van der Waals surface area contributed by atoms with Crippen molar-refractivity contribution in [1.29, 1.82) is 0 Å². The highest BCUT2D eigenvalue weighted by atomic mass is 16.6. The summed E-state index contributed by atoms with van der Waals surface area (Å²) in [6, 6.07) is 4.15. The van der Waals surface area contributed by atoms with Crippen LogP contribution >= 0.6 is 0 Å². The molecule has 1 aliphatic heterocycles. The number of nitrogens with zero attached hydrogens (tertiary/aromatic N) is 2. The molecule has 0 aliphatic carbocycles. The smallest absolute Gasteiger partial charge is 0.410 e. The van der Waals surface area contributed by atoms with Crippen LogP contribution in [-0.4, -0.2) is 53.2 Å². The number of likely N-dealkylation sites (tertiary alicyclic amines) is 1. The molecule has 1 heterocycles. The highest BCUT2D eigenvalue weighted by Gasteiger charge is 2.28. The van der Waals surface area contributed by atoms with Gasteiger partial charge in [0.2, 0.25) is 0 Å². The fourth-order valence-corrected chi connectivity index (χ4v) is 2.90. The van der Waals surface area contributed by atoms with E-state index in [0.29, 0.717) is 31.6 Å². The number of nitro benzene ring substituents is 1. The number of esters is 1. The van der Waals surface area contributed by atoms with Crippen LogP contribution in [0.15, 0.2) is 30.9 Å². The van der Waals surface area contributed by atoms with E-state index < -0.39 is 16.5 Å². The Hall–Kier alpha value is -3.10. The van der Waals surface area contributed by atoms with E-state index in [-0.39, 0.29) is 30.0 Å². The number of hydrogen-bond donors (Lipinski definition) is 1. The zero-order valence-corrected chi connectivity index (χ0v) is 17.0. The Balaban J connectivity index is 2.01. The maximum absolute atomic E-state index is 12.1. The third-order valence-electron chi connectivity index (χ3n) is 4.27. The fourth-order valence-electron chi connectivity index (χ4n) is 2.90. The lowest BCUT2D eigenvalue weighted by Crippen LogP contribution is -2.44. The molecule has 1 N–H and O–H groups in total. The van der Waals surface area contributed by atoms with Gasteiger partial charge in [-0.1, -0.05) is 12.7 Å². The van der Waals surface area contributed by atoms with E-state index in [1.165, 1.54) is 24.3 Å². The van der Waals surface area contributed by atoms with E-state index in [2.05, 4.69) is 11.9 Å². The lowest BCUT2D eigenvalue weighted by molar-refractivity contribution is -0.384. The number of rotatable bonds is 6. The van der Waals surface area contributed by atoms with Gasteiger partial charge in [0.1, 0.15) is 17.9 Å². The van der Waals surface area contributed by atoms with Crippen molar-refractivity contribution in [1.82, 2.24) is 4.90 Å². The van der Waals surface area contributed by atoms with Crippen LogP contribution < -0.4 is 5.32 Å². The summed E-state index contributed by atoms with van der Waals surface area (Å²) in [4.78, 5) is 36.6. The highest BCUT2D eigenvalue weighted by molar-refractivity contribution is 5.91. The Kier molecular flexibility index (Phi) is 7.19. The van der Waals surface area contributed by atoms with Crippen LogP contribution in [0.5, 0.6) is 0 Å². The van der Waals surface area contributed by atoms with Gasteiger partial charge in [0.15, 0.2) is 0 Å². The van der Waals surface area contributed by atoms with Crippen molar-refractivity contribution >= 4 is 23.4 Å². The third kappa shape index (κ3) is 6.48. The summed E-state index contributed by atoms with van der Waals surface area (Å²) in [7, 11) is 0. The molecule has 0 spiro atoms. The first-order chi connectivity index (χ1) is 13.6. The second-order valence-corrected chi connectivity index (χ2v) is 7.76. The van der Waals surface area contributed by atoms with E-state index >= 15 is 0 Å². The number of anilines is 1. The molecule has 1 fully saturated rings. The van der Waals surface area contributed by atoms with Crippen molar-refractivity contribution in [2.24, 2.45) is 0 Å². The SMILES string of the molecule is C=CCOC(=O)c1ccc(NC2CCN(C(=O)OC(C)(C)C)CC2)c([N+](=O)[O-])c1. The number of carbonyl (C=O) groups is 2. The first-order valence-corrected chi connectivity index (χ1v) is 9.41. The van der Waals surface area contributed by atoms with Gasteiger partial charge in [-0.05, 0) is 45.7 Å². The van der Waals surface area contributed by atoms with Crippen molar-refractivity contribution in [2.45, 2.75) is 45.3 Å². The van der Waals surface area contributed by atoms with Crippen LogP contribution in [0.1, 0.15) is 44.0 Å². The van der Waals surface area contributed by atoms with E-state index in [9.17, 15) is 19.7 Å². The molecule has 0 radical (unpaired) electrons. The van der Waals surface area contributed by atoms with Crippen LogP contribution in [-0.2, 0) is 9.47 Å². The highest BCUT2D eigenvalue weighted by Crippen LogP contribution is 2.28. The molecule has 0 saturated carbocycles. The van der Waals surface area contributed by atoms with Crippen molar-refractivity contribution in [2.75, 3.05) is 25.0 Å². The number of amides is 1. The maximum atomic E-state index is 12.1. The van der Waals surface area contributed by atoms with Crippen LogP contribution in [0.25, 0.3) is 0 Å². The second kappa shape index (κ2) is 9.40. The monoisotopic (exact) mass is 405 g/mol. The molecule has 0 bridgehead atoms. The summed E-state index contributed by atoms with van der Waals surface area (Å²) in [5, 5.41) is 14.6. The van der Waals surface area contributed by atoms with Crippen LogP contribution in [0.2, 0.25) is 0 Å². The molecule has 9 heteroatoms. The molecule has 0 atom stereocenters. The lowest BCUT2D eigenvalue weighted by atomic mass is 10.0. The van der Waals surface area contributed by atoms with Gasteiger partial charge in [-0.25, -0.2) is 9.59 Å². The predicted molar refractivity (Wildman–Crippen MR) is 108 cm³/mol. The Morgan fingerprint density at radius 3 is 2.55 bits per heavy atom. The number of nitrogens with one attached hydrogen (secondary N) is 1. The molecule has 1 amide bonds. The lowest BCUT2D eigenvalue weighted by Gasteiger charge is -2.34. The fraction of sp³-hybridized carbons (Fsp3) is 0.500. The molecule has 9 nitrogen and oxygen atoms in total. The number of ether oxygens (including phenoxy) is 2. The Morgan fingerprint density at radius 2 is 2.00 bits per heavy atom. The largest absolute Gasteiger partial charge is 0.458 e. The van der Waals surface area contributed by atoms with Gasteiger partial charge in [0, 0.05) is 25.2 Å². The quantitative estimate of drug-likeness (QED) is 0.332. The molecular formula is C20H27N3O6. The minimum Gasteiger partial charge on any atom is -0.458 e. The van der Waals surface area contributed by atoms with Gasteiger partial charge >= 0.3 is 12.1 Å². The molecule has 0 unspecified atom stereocenters. The van der Waals surface area contributed by atoms with Gasteiger partial charge < -0.3 is 19.7 Å². The molecule has 1 saturated heterocycles. The molecule has 1 aliphatic rings. The molecule has 158 valence electrons. The first kappa shape index (κ1) is 22.2. The van der Waals surface area contributed by atoms with E-state index in [0.717, 1.165) is 0 Å². The maximum Gasteiger partial charge on any atom is 0.410 e. The molecule has 2 rings (SSSR count). The number of benzene rings is 1. The Labute approximate surface area is 169 Å². The predicted octanol–water partition coefficient (Wildman–Crippen LogP) is 3.75. The van der Waals surface area contributed by atoms with Crippen molar-refractivity contribution < 1.29 is 24.0 Å². The van der Waals surface area contributed by atoms with Crippen LogP contribution in [0.3, 0.4) is 0 Å². The van der Waals surface area contributed by atoms with E-state index in [1.54, 1.807) is 4.90 Å². The molecule has 0 aromatic heterocycles. The number of piperidine rings is 1. The molecule has 1 aromatic rings. The van der Waals surface area contributed by atoms with Gasteiger partial charge in [-0.15, -0.1) is 0 Å². The summed E-state index contributed by atoms with van der Waals surface area (Å²) in [6.07, 6.45) is 2.31. The number of hydrogen-bond acceptors (Lipinski definition) is 7. The second-order valence-electron chi connectivity index (χ2n) is 7.76. The molecular weight excluding hydrogens is 378 g/mol. The minimum atomic E-state index is -0.648. The minimum absolute atomic E-state index is 0.0306. The molecule has 29 heavy (non-hydrogen) atoms. The Morgan fingerprint density at radius 1 is 1.34 bits per heavy atom. The average Bonchev–Trinajstić information content (AvgIpc) is 2.65. The summed E-state index contributed by atoms with van der Waals surface area (Å²) < 4.78 is 10.3. The summed E-state index contributed by atoms with van der Waals surface area (Å²) in [5.41, 5.74) is -0.330. The normalized spacial score (nSPS) is 14.8. The zero-order valence-electron chi connectivity index (χ0n) is 17.0. The topological polar surface area (TPSA) is 111 Å². The average molecular weight is 405 g/mol. The van der Waals surface area contributed by atoms with Crippen molar-refractivity contribution in [3.63, 3.8) is 0 Å². The van der Waals surface area contributed by atoms with Gasteiger partial charge in [-0.3, -0.25) is 10.1 Å². The van der Waals surface area contributed by atoms with Gasteiger partial charge in [0.25, 0.3) is 5.69 Å². The zero-order chi connectivity index (χ0) is 21.6. The van der Waals surface area contributed by atoms with E-state index in [4.69, 9.17) is 9.47 Å². The van der Waals surface area contributed by atoms with Crippen LogP contribution in [0.4, 0.5) is 16.2 Å². The molecule has 1 aromatic carbocycles. The van der Waals surface area contributed by atoms with Crippen molar-refractivity contribution in [3.8, 4) is 0 Å². The first-order valence-electron chi connectivity index (χ1n) is 9.41. The van der Waals surface area contributed by atoms with E-state index in [1.807, 2.05) is 20.8 Å². The summed E-state index contributed by atoms with van der Waals surface area (Å²) in [5.74, 6) is -0.648. The van der Waals surface area contributed by atoms with Crippen LogP contribution in [0, 0.1) is 10.1 Å².